The first kappa shape index (κ1) is 26.5. The highest BCUT2D eigenvalue weighted by atomic mass is 32.1. The number of thiazole rings is 1. The molecule has 2 aliphatic rings. The summed E-state index contributed by atoms with van der Waals surface area (Å²) in [6.45, 7) is 1.87. The first-order valence-electron chi connectivity index (χ1n) is 12.4. The minimum Gasteiger partial charge on any atom is -0.393 e. The SMILES string of the molecule is Cc1cc(Nc2nccc(C(F)(F)F)n2)cc(-c2cnc(C3(O)CCC(NC(=O)[C@H]4C[C@@H](O)C4)CC3)s2)c1. The number of benzene rings is 1. The van der Waals surface area contributed by atoms with Crippen LogP contribution in [0, 0.1) is 12.8 Å². The molecular formula is C26H28F3N5O3S. The van der Waals surface area contributed by atoms with E-state index in [1.807, 2.05) is 13.0 Å². The number of hydrogen-bond acceptors (Lipinski definition) is 8. The predicted molar refractivity (Wildman–Crippen MR) is 136 cm³/mol. The van der Waals surface area contributed by atoms with E-state index in [-0.39, 0.29) is 29.9 Å². The summed E-state index contributed by atoms with van der Waals surface area (Å²) in [6.07, 6.45) is 0.995. The molecule has 2 aromatic heterocycles. The number of carbonyl (C=O) groups is 1. The van der Waals surface area contributed by atoms with Crippen LogP contribution in [0.15, 0.2) is 36.7 Å². The van der Waals surface area contributed by atoms with Crippen LogP contribution in [0.5, 0.6) is 0 Å². The van der Waals surface area contributed by atoms with Gasteiger partial charge in [0.25, 0.3) is 0 Å². The molecule has 12 heteroatoms. The maximum absolute atomic E-state index is 13.0. The fraction of sp³-hybridized carbons (Fsp3) is 0.462. The van der Waals surface area contributed by atoms with Crippen LogP contribution >= 0.6 is 11.3 Å². The zero-order valence-electron chi connectivity index (χ0n) is 20.6. The minimum absolute atomic E-state index is 0.0107. The Morgan fingerprint density at radius 3 is 2.58 bits per heavy atom. The Morgan fingerprint density at radius 1 is 1.16 bits per heavy atom. The summed E-state index contributed by atoms with van der Waals surface area (Å²) in [4.78, 5) is 25.1. The molecule has 0 unspecified atom stereocenters. The number of halogens is 3. The van der Waals surface area contributed by atoms with Gasteiger partial charge < -0.3 is 20.8 Å². The number of aliphatic hydroxyl groups is 2. The Labute approximate surface area is 221 Å². The molecule has 0 saturated heterocycles. The highest BCUT2D eigenvalue weighted by Gasteiger charge is 2.39. The van der Waals surface area contributed by atoms with Crippen LogP contribution in [0.2, 0.25) is 0 Å². The number of anilines is 2. The van der Waals surface area contributed by atoms with E-state index in [1.54, 1.807) is 18.3 Å². The predicted octanol–water partition coefficient (Wildman–Crippen LogP) is 4.69. The summed E-state index contributed by atoms with van der Waals surface area (Å²) in [5, 5.41) is 27.2. The summed E-state index contributed by atoms with van der Waals surface area (Å²) in [5.74, 6) is -0.309. The van der Waals surface area contributed by atoms with E-state index in [2.05, 4.69) is 25.6 Å². The molecule has 2 fully saturated rings. The molecule has 202 valence electrons. The number of aryl methyl sites for hydroxylation is 1. The van der Waals surface area contributed by atoms with Crippen LogP contribution in [-0.4, -0.2) is 43.2 Å². The van der Waals surface area contributed by atoms with Gasteiger partial charge in [0, 0.05) is 30.0 Å². The first-order valence-corrected chi connectivity index (χ1v) is 13.3. The topological polar surface area (TPSA) is 120 Å². The molecule has 3 aromatic rings. The van der Waals surface area contributed by atoms with E-state index in [9.17, 15) is 28.2 Å². The fourth-order valence-electron chi connectivity index (χ4n) is 4.90. The number of nitrogens with one attached hydrogen (secondary N) is 2. The van der Waals surface area contributed by atoms with Crippen molar-refractivity contribution in [3.05, 3.63) is 52.9 Å². The van der Waals surface area contributed by atoms with Gasteiger partial charge in [0.2, 0.25) is 11.9 Å². The number of nitrogens with zero attached hydrogens (tertiary/aromatic N) is 3. The van der Waals surface area contributed by atoms with Crippen molar-refractivity contribution in [2.75, 3.05) is 5.32 Å². The zero-order valence-corrected chi connectivity index (χ0v) is 21.4. The normalized spacial score (nSPS) is 25.5. The second-order valence-corrected chi connectivity index (χ2v) is 11.2. The van der Waals surface area contributed by atoms with Gasteiger partial charge in [-0.15, -0.1) is 11.3 Å². The zero-order chi connectivity index (χ0) is 27.1. The van der Waals surface area contributed by atoms with Crippen LogP contribution in [-0.2, 0) is 16.6 Å². The van der Waals surface area contributed by atoms with Crippen LogP contribution in [0.4, 0.5) is 24.8 Å². The van der Waals surface area contributed by atoms with Gasteiger partial charge in [-0.25, -0.2) is 15.0 Å². The lowest BCUT2D eigenvalue weighted by atomic mass is 9.80. The summed E-state index contributed by atoms with van der Waals surface area (Å²) < 4.78 is 39.0. The third-order valence-corrected chi connectivity index (χ3v) is 8.35. The Morgan fingerprint density at radius 2 is 1.89 bits per heavy atom. The van der Waals surface area contributed by atoms with Gasteiger partial charge in [-0.05, 0) is 74.8 Å². The van der Waals surface area contributed by atoms with Gasteiger partial charge in [-0.2, -0.15) is 13.2 Å². The molecule has 2 aliphatic carbocycles. The van der Waals surface area contributed by atoms with Crippen LogP contribution in [0.3, 0.4) is 0 Å². The first-order chi connectivity index (χ1) is 18.0. The van der Waals surface area contributed by atoms with E-state index in [1.165, 1.54) is 11.3 Å². The third-order valence-electron chi connectivity index (χ3n) is 7.11. The number of hydrogen-bond donors (Lipinski definition) is 4. The van der Waals surface area contributed by atoms with Crippen molar-refractivity contribution < 1.29 is 28.2 Å². The molecule has 0 bridgehead atoms. The van der Waals surface area contributed by atoms with Gasteiger partial charge in [-0.1, -0.05) is 6.07 Å². The maximum Gasteiger partial charge on any atom is 0.433 e. The molecule has 0 aliphatic heterocycles. The molecule has 1 amide bonds. The fourth-order valence-corrected chi connectivity index (χ4v) is 5.95. The lowest BCUT2D eigenvalue weighted by molar-refractivity contribution is -0.141. The van der Waals surface area contributed by atoms with E-state index >= 15 is 0 Å². The molecule has 1 aromatic carbocycles. The lowest BCUT2D eigenvalue weighted by Crippen LogP contribution is -2.47. The number of aromatic nitrogens is 3. The lowest BCUT2D eigenvalue weighted by Gasteiger charge is -2.37. The van der Waals surface area contributed by atoms with E-state index in [4.69, 9.17) is 0 Å². The standard InChI is InChI=1S/C26H28F3N5O3S/c1-14-8-15(10-18(9-14)33-24-30-7-4-21(34-24)26(27,28)29)20-13-31-23(38-20)25(37)5-2-17(3-6-25)32-22(36)16-11-19(35)12-16/h4,7-10,13,16-17,19,35,37H,2-3,5-6,11-12H2,1H3,(H,32,36)(H,30,33,34)/t16-,17?,19+,25?. The quantitative estimate of drug-likeness (QED) is 0.354. The molecule has 0 radical (unpaired) electrons. The Kier molecular flexibility index (Phi) is 7.14. The summed E-state index contributed by atoms with van der Waals surface area (Å²) >= 11 is 1.37. The van der Waals surface area contributed by atoms with Gasteiger partial charge >= 0.3 is 6.18 Å². The monoisotopic (exact) mass is 547 g/mol. The molecule has 0 atom stereocenters. The van der Waals surface area contributed by atoms with Crippen molar-refractivity contribution in [3.63, 3.8) is 0 Å². The average molecular weight is 548 g/mol. The summed E-state index contributed by atoms with van der Waals surface area (Å²) in [6, 6.07) is 6.30. The van der Waals surface area contributed by atoms with Gasteiger partial charge in [0.05, 0.1) is 11.0 Å². The molecular weight excluding hydrogens is 519 g/mol. The van der Waals surface area contributed by atoms with Crippen molar-refractivity contribution in [3.8, 4) is 10.4 Å². The molecule has 38 heavy (non-hydrogen) atoms. The average Bonchev–Trinajstić information content (AvgIpc) is 3.34. The van der Waals surface area contributed by atoms with Crippen LogP contribution < -0.4 is 10.6 Å². The van der Waals surface area contributed by atoms with Crippen LogP contribution in [0.1, 0.15) is 54.8 Å². The molecule has 2 heterocycles. The Hall–Kier alpha value is -3.09. The molecule has 5 rings (SSSR count). The van der Waals surface area contributed by atoms with E-state index in [0.717, 1.165) is 28.3 Å². The number of amides is 1. The van der Waals surface area contributed by atoms with Crippen molar-refractivity contribution >= 4 is 28.9 Å². The summed E-state index contributed by atoms with van der Waals surface area (Å²) in [5.41, 5.74) is 0.0898. The number of aliphatic hydroxyl groups excluding tert-OH is 1. The molecule has 2 saturated carbocycles. The largest absolute Gasteiger partial charge is 0.433 e. The molecule has 4 N–H and O–H groups in total. The second kappa shape index (κ2) is 10.2. The number of rotatable bonds is 6. The summed E-state index contributed by atoms with van der Waals surface area (Å²) in [7, 11) is 0. The van der Waals surface area contributed by atoms with Crippen molar-refractivity contribution in [1.29, 1.82) is 0 Å². The Balaban J connectivity index is 1.26. The molecule has 0 spiro atoms. The van der Waals surface area contributed by atoms with Gasteiger partial charge in [-0.3, -0.25) is 4.79 Å². The number of alkyl halides is 3. The van der Waals surface area contributed by atoms with Crippen LogP contribution in [0.25, 0.3) is 10.4 Å². The number of carbonyl (C=O) groups excluding carboxylic acids is 1. The van der Waals surface area contributed by atoms with Gasteiger partial charge in [0.1, 0.15) is 16.3 Å². The van der Waals surface area contributed by atoms with Gasteiger partial charge in [0.15, 0.2) is 0 Å². The Bertz CT molecular complexity index is 1320. The third kappa shape index (κ3) is 5.82. The maximum atomic E-state index is 13.0. The van der Waals surface area contributed by atoms with Crippen molar-refractivity contribution in [2.45, 2.75) is 69.4 Å². The van der Waals surface area contributed by atoms with Crippen molar-refractivity contribution in [1.82, 2.24) is 20.3 Å². The van der Waals surface area contributed by atoms with E-state index < -0.39 is 17.5 Å². The van der Waals surface area contributed by atoms with E-state index in [0.29, 0.717) is 49.2 Å². The highest BCUT2D eigenvalue weighted by Crippen LogP contribution is 2.42. The second-order valence-electron chi connectivity index (χ2n) is 10.1. The minimum atomic E-state index is -4.57. The van der Waals surface area contributed by atoms with Crippen molar-refractivity contribution in [2.24, 2.45) is 5.92 Å². The smallest absolute Gasteiger partial charge is 0.393 e. The molecule has 8 nitrogen and oxygen atoms in total. The highest BCUT2D eigenvalue weighted by molar-refractivity contribution is 7.15.